The Morgan fingerprint density at radius 2 is 0.594 bits per heavy atom. The lowest BCUT2D eigenvalue weighted by Crippen LogP contribution is -2.08. The first-order valence-electron chi connectivity index (χ1n) is 36.2. The van der Waals surface area contributed by atoms with Crippen LogP contribution in [-0.2, 0) is 0 Å². The summed E-state index contributed by atoms with van der Waals surface area (Å²) in [5, 5.41) is 19.8. The summed E-state index contributed by atoms with van der Waals surface area (Å²) < 4.78 is 290. The van der Waals surface area contributed by atoms with E-state index in [1.54, 1.807) is 0 Å². The highest BCUT2D eigenvalue weighted by Crippen LogP contribution is 2.46. The van der Waals surface area contributed by atoms with E-state index in [4.69, 9.17) is 19.2 Å². The van der Waals surface area contributed by atoms with Crippen molar-refractivity contribution < 1.29 is 42.5 Å². The molecular weight excluding hydrogens is 841 g/mol. The van der Waals surface area contributed by atoms with E-state index < -0.39 is 309 Å². The number of para-hydroxylation sites is 8. The van der Waals surface area contributed by atoms with Crippen LogP contribution in [0.25, 0.3) is 121 Å². The standard InChI is InChI=1S/C63H38N6/c1-39-17-16-25-49-48-24-8-15-32-58(48)69(63(39)49)62-36-60(67-54-28-11-4-20-44(54)45-21-5-12-29-55(45)67)41(38-65)34-51(62)50-33-40(37-64)59(66-52-26-9-2-18-42(52)43-19-3-10-27-53(43)66)35-61(50)68-56-30-13-6-22-46(56)47-23-7-14-31-57(47)68/h2-36H,1H3/i2D,3D,4D,5D,6D,7D,8D,9D,10D,11D,12D,13D,14D,15D,16D,17D,18D,19D,20D,21D,22D,23D,24D,25D,26D,27D,28D,29D,30D,31D,32D. The molecule has 320 valence electrons. The number of rotatable bonds is 5. The Hall–Kier alpha value is -9.62. The minimum Gasteiger partial charge on any atom is -0.309 e. The maximum atomic E-state index is 11.9. The molecular formula is C63H38N6. The van der Waals surface area contributed by atoms with Crippen LogP contribution in [0.1, 0.15) is 59.2 Å². The minimum absolute atomic E-state index is 0.204. The van der Waals surface area contributed by atoms with Crippen LogP contribution in [0.4, 0.5) is 0 Å². The topological polar surface area (TPSA) is 67.3 Å². The number of nitrogens with zero attached hydrogens (tertiary/aromatic N) is 6. The van der Waals surface area contributed by atoms with E-state index in [-0.39, 0.29) is 16.5 Å². The summed E-state index contributed by atoms with van der Waals surface area (Å²) in [4.78, 5) is 0. The van der Waals surface area contributed by atoms with Gasteiger partial charge in [-0.3, -0.25) is 0 Å². The highest BCUT2D eigenvalue weighted by molar-refractivity contribution is 6.14. The van der Waals surface area contributed by atoms with Gasteiger partial charge in [0.05, 0.1) is 121 Å². The predicted octanol–water partition coefficient (Wildman–Crippen LogP) is 15.8. The Balaban J connectivity index is 1.33. The van der Waals surface area contributed by atoms with Crippen LogP contribution in [0.3, 0.4) is 0 Å². The molecule has 0 bridgehead atoms. The molecule has 0 saturated carbocycles. The molecule has 14 rings (SSSR count). The van der Waals surface area contributed by atoms with Crippen molar-refractivity contribution in [2.24, 2.45) is 0 Å². The van der Waals surface area contributed by atoms with Crippen molar-refractivity contribution >= 4 is 87.2 Å². The molecule has 10 aromatic carbocycles. The van der Waals surface area contributed by atoms with Gasteiger partial charge in [0.25, 0.3) is 0 Å². The summed E-state index contributed by atoms with van der Waals surface area (Å²) in [5.41, 5.74) is -9.06. The zero-order chi connectivity index (χ0) is 72.9. The van der Waals surface area contributed by atoms with Crippen LogP contribution in [0.5, 0.6) is 0 Å². The van der Waals surface area contributed by atoms with Crippen LogP contribution in [0.15, 0.2) is 212 Å². The molecule has 0 radical (unpaired) electrons. The molecule has 6 nitrogen and oxygen atoms in total. The zero-order valence-electron chi connectivity index (χ0n) is 66.0. The third-order valence-corrected chi connectivity index (χ3v) is 12.2. The van der Waals surface area contributed by atoms with Gasteiger partial charge in [0.1, 0.15) is 12.1 Å². The van der Waals surface area contributed by atoms with Crippen molar-refractivity contribution in [3.8, 4) is 46.0 Å². The first kappa shape index (κ1) is 18.9. The number of fused-ring (bicyclic) bond motifs is 12. The molecule has 0 amide bonds. The van der Waals surface area contributed by atoms with Gasteiger partial charge in [-0.2, -0.15) is 10.5 Å². The molecule has 4 aromatic heterocycles. The lowest BCUT2D eigenvalue weighted by molar-refractivity contribution is 1.11. The quantitative estimate of drug-likeness (QED) is 0.173. The molecule has 0 aliphatic rings. The Labute approximate surface area is 439 Å². The molecule has 0 fully saturated rings. The lowest BCUT2D eigenvalue weighted by atomic mass is 9.94. The second kappa shape index (κ2) is 14.7. The van der Waals surface area contributed by atoms with E-state index in [1.807, 2.05) is 12.1 Å². The SMILES string of the molecule is [2H]c1c([2H])c([2H])c2c(c1[2H])c1c([2H])c([2H])c([2H])c([2H])c1n2-c1cc(-n2c3c([2H])c([2H])c([2H])c([2H])c3c3c([2H])c([2H])c([2H])c([2H])c32)c(-c2cc(C#N)c(-n3c4c([2H])c([2H])c([2H])c([2H])c4c4c([2H])c([2H])c([2H])c([2H])c43)cc2-n2c3c([2H])c([2H])c([2H])c([2H])c3c3c([2H])c([2H])c([2H])c(C)c32)cc1C#N. The Morgan fingerprint density at radius 1 is 0.319 bits per heavy atom. The summed E-state index contributed by atoms with van der Waals surface area (Å²) in [6.07, 6.45) is 0. The summed E-state index contributed by atoms with van der Waals surface area (Å²) in [5.74, 6) is 0. The Morgan fingerprint density at radius 3 is 0.942 bits per heavy atom. The maximum Gasteiger partial charge on any atom is 0.101 e. The molecule has 0 spiro atoms. The first-order chi connectivity index (χ1) is 47.0. The van der Waals surface area contributed by atoms with Gasteiger partial charge in [0.15, 0.2) is 0 Å². The number of aromatic nitrogens is 4. The number of benzene rings is 10. The third kappa shape index (κ3) is 5.40. The van der Waals surface area contributed by atoms with Crippen molar-refractivity contribution in [2.45, 2.75) is 6.92 Å². The molecule has 4 heterocycles. The lowest BCUT2D eigenvalue weighted by Gasteiger charge is -2.23. The Bertz CT molecular complexity index is 5770. The summed E-state index contributed by atoms with van der Waals surface area (Å²) in [7, 11) is 0. The molecule has 0 atom stereocenters. The van der Waals surface area contributed by atoms with Crippen molar-refractivity contribution in [1.82, 2.24) is 18.3 Å². The number of hydrogen-bond donors (Lipinski definition) is 0. The second-order valence-electron chi connectivity index (χ2n) is 15.6. The maximum absolute atomic E-state index is 11.9. The van der Waals surface area contributed by atoms with Gasteiger partial charge in [0, 0.05) is 54.2 Å². The van der Waals surface area contributed by atoms with Gasteiger partial charge in [0.2, 0.25) is 0 Å². The fourth-order valence-electron chi connectivity index (χ4n) is 9.45. The average molecular weight is 910 g/mol. The Kier molecular flexibility index (Phi) is 4.03. The highest BCUT2D eigenvalue weighted by atomic mass is 15.0. The van der Waals surface area contributed by atoms with Crippen LogP contribution >= 0.6 is 0 Å². The fraction of sp³-hybridized carbons (Fsp3) is 0.0159. The first-order valence-corrected chi connectivity index (χ1v) is 20.7. The van der Waals surface area contributed by atoms with Crippen LogP contribution in [-0.4, -0.2) is 18.3 Å². The second-order valence-corrected chi connectivity index (χ2v) is 15.6. The van der Waals surface area contributed by atoms with Crippen molar-refractivity contribution in [2.75, 3.05) is 0 Å². The van der Waals surface area contributed by atoms with E-state index in [0.717, 1.165) is 42.5 Å². The van der Waals surface area contributed by atoms with Gasteiger partial charge < -0.3 is 18.3 Å². The van der Waals surface area contributed by atoms with E-state index >= 15 is 0 Å². The number of hydrogen-bond acceptors (Lipinski definition) is 2. The van der Waals surface area contributed by atoms with Gasteiger partial charge in [-0.15, -0.1) is 0 Å². The van der Waals surface area contributed by atoms with Crippen molar-refractivity contribution in [1.29, 1.82) is 10.5 Å². The van der Waals surface area contributed by atoms with E-state index in [1.165, 1.54) is 6.92 Å². The highest BCUT2D eigenvalue weighted by Gasteiger charge is 2.27. The van der Waals surface area contributed by atoms with Crippen molar-refractivity contribution in [3.63, 3.8) is 0 Å². The smallest absolute Gasteiger partial charge is 0.101 e. The normalized spacial score (nSPS) is 18.1. The van der Waals surface area contributed by atoms with E-state index in [0.29, 0.717) is 0 Å². The van der Waals surface area contributed by atoms with Crippen LogP contribution < -0.4 is 0 Å². The van der Waals surface area contributed by atoms with Gasteiger partial charge in [-0.25, -0.2) is 0 Å². The number of nitriles is 2. The molecule has 6 heteroatoms. The van der Waals surface area contributed by atoms with Crippen LogP contribution in [0, 0.1) is 29.6 Å². The summed E-state index contributed by atoms with van der Waals surface area (Å²) >= 11 is 0. The largest absolute Gasteiger partial charge is 0.309 e. The third-order valence-electron chi connectivity index (χ3n) is 12.2. The van der Waals surface area contributed by atoms with Gasteiger partial charge in [-0.05, 0) is 79.0 Å². The molecule has 14 aromatic rings. The van der Waals surface area contributed by atoms with E-state index in [2.05, 4.69) is 0 Å². The molecule has 0 aliphatic carbocycles. The molecule has 0 unspecified atom stereocenters. The van der Waals surface area contributed by atoms with Crippen LogP contribution in [0.2, 0.25) is 0 Å². The zero-order valence-corrected chi connectivity index (χ0v) is 35.0. The summed E-state index contributed by atoms with van der Waals surface area (Å²) in [6, 6.07) is -18.5. The molecule has 0 N–H and O–H groups in total. The molecule has 69 heavy (non-hydrogen) atoms. The monoisotopic (exact) mass is 910 g/mol. The fourth-order valence-corrected chi connectivity index (χ4v) is 9.45. The van der Waals surface area contributed by atoms with Gasteiger partial charge in [-0.1, -0.05) is 145 Å². The van der Waals surface area contributed by atoms with E-state index in [9.17, 15) is 33.8 Å². The number of aryl methyl sites for hydroxylation is 1. The van der Waals surface area contributed by atoms with Gasteiger partial charge >= 0.3 is 0 Å². The summed E-state index contributed by atoms with van der Waals surface area (Å²) in [6.45, 7) is 1.31. The average Bonchev–Trinajstić information content (AvgIpc) is 1.58. The molecule has 0 aliphatic heterocycles. The molecule has 0 saturated heterocycles. The van der Waals surface area contributed by atoms with Crippen molar-refractivity contribution in [3.05, 3.63) is 228 Å². The predicted molar refractivity (Wildman–Crippen MR) is 283 cm³/mol. The minimum atomic E-state index is -0.957.